The standard InChI is InChI=1S/C25H29FN6O4/c1-31(2)13-3-4-14-36-25(35)28-20-9-5-7-18(15-20)17-32-23(33)12-11-22(30-32)29-24(34)27-21-10-6-8-19(26)16-21/h5-12,15-16H,3-4,13-14,17H2,1-2H3,(H,28,35)(H2,27,29,30,34). The van der Waals surface area contributed by atoms with E-state index in [1.54, 1.807) is 30.3 Å². The van der Waals surface area contributed by atoms with Crippen LogP contribution in [0.4, 0.5) is 31.2 Å². The van der Waals surface area contributed by atoms with Gasteiger partial charge in [-0.25, -0.2) is 18.7 Å². The Hall–Kier alpha value is -4.25. The van der Waals surface area contributed by atoms with Gasteiger partial charge in [-0.2, -0.15) is 5.10 Å². The molecule has 0 saturated carbocycles. The van der Waals surface area contributed by atoms with Gasteiger partial charge in [-0.3, -0.25) is 15.4 Å². The average Bonchev–Trinajstić information content (AvgIpc) is 2.81. The molecular formula is C25H29FN6O4. The first-order valence-corrected chi connectivity index (χ1v) is 11.4. The largest absolute Gasteiger partial charge is 0.449 e. The number of unbranched alkanes of at least 4 members (excludes halogenated alkanes) is 1. The summed E-state index contributed by atoms with van der Waals surface area (Å²) in [5.74, 6) is -0.347. The quantitative estimate of drug-likeness (QED) is 0.366. The lowest BCUT2D eigenvalue weighted by Crippen LogP contribution is -2.26. The van der Waals surface area contributed by atoms with E-state index < -0.39 is 17.9 Å². The Labute approximate surface area is 208 Å². The summed E-state index contributed by atoms with van der Waals surface area (Å²) in [7, 11) is 3.98. The van der Waals surface area contributed by atoms with Crippen LogP contribution in [0.3, 0.4) is 0 Å². The van der Waals surface area contributed by atoms with Crippen LogP contribution in [0.25, 0.3) is 0 Å². The molecule has 0 fully saturated rings. The minimum Gasteiger partial charge on any atom is -0.449 e. The predicted molar refractivity (Wildman–Crippen MR) is 136 cm³/mol. The first-order valence-electron chi connectivity index (χ1n) is 11.4. The number of carbonyl (C=O) groups excluding carboxylic acids is 2. The maximum absolute atomic E-state index is 13.3. The van der Waals surface area contributed by atoms with E-state index in [0.717, 1.165) is 19.4 Å². The number of ether oxygens (including phenoxy) is 1. The third-order valence-corrected chi connectivity index (χ3v) is 4.93. The van der Waals surface area contributed by atoms with E-state index in [1.807, 2.05) is 14.1 Å². The van der Waals surface area contributed by atoms with Gasteiger partial charge in [0, 0.05) is 17.4 Å². The first kappa shape index (κ1) is 26.4. The molecule has 3 rings (SSSR count). The highest BCUT2D eigenvalue weighted by molar-refractivity contribution is 5.99. The smallest absolute Gasteiger partial charge is 0.411 e. The molecule has 190 valence electrons. The van der Waals surface area contributed by atoms with Crippen molar-refractivity contribution in [2.75, 3.05) is 43.2 Å². The second kappa shape index (κ2) is 13.0. The van der Waals surface area contributed by atoms with Crippen LogP contribution in [0.2, 0.25) is 0 Å². The molecular weight excluding hydrogens is 467 g/mol. The zero-order valence-electron chi connectivity index (χ0n) is 20.2. The summed E-state index contributed by atoms with van der Waals surface area (Å²) in [6.07, 6.45) is 1.14. The fraction of sp³-hybridized carbons (Fsp3) is 0.280. The maximum atomic E-state index is 13.3. The van der Waals surface area contributed by atoms with Crippen LogP contribution in [0.5, 0.6) is 0 Å². The van der Waals surface area contributed by atoms with Gasteiger partial charge in [-0.15, -0.1) is 0 Å². The third kappa shape index (κ3) is 8.84. The number of hydrogen-bond acceptors (Lipinski definition) is 6. The van der Waals surface area contributed by atoms with E-state index >= 15 is 0 Å². The Morgan fingerprint density at radius 1 is 0.972 bits per heavy atom. The van der Waals surface area contributed by atoms with Crippen molar-refractivity contribution in [2.24, 2.45) is 0 Å². The number of carbonyl (C=O) groups is 2. The highest BCUT2D eigenvalue weighted by Crippen LogP contribution is 2.13. The van der Waals surface area contributed by atoms with Gasteiger partial charge in [0.15, 0.2) is 5.82 Å². The summed E-state index contributed by atoms with van der Waals surface area (Å²) in [6.45, 7) is 1.36. The molecule has 0 aliphatic heterocycles. The molecule has 1 aromatic heterocycles. The molecule has 0 aliphatic rings. The van der Waals surface area contributed by atoms with Crippen LogP contribution < -0.4 is 21.5 Å². The lowest BCUT2D eigenvalue weighted by molar-refractivity contribution is 0.158. The number of hydrogen-bond donors (Lipinski definition) is 3. The van der Waals surface area contributed by atoms with Crippen LogP contribution in [0.1, 0.15) is 18.4 Å². The van der Waals surface area contributed by atoms with Gasteiger partial charge in [0.1, 0.15) is 5.82 Å². The number of amides is 3. The SMILES string of the molecule is CN(C)CCCCOC(=O)Nc1cccc(Cn2nc(NC(=O)Nc3cccc(F)c3)ccc2=O)c1. The highest BCUT2D eigenvalue weighted by Gasteiger charge is 2.09. The van der Waals surface area contributed by atoms with Gasteiger partial charge >= 0.3 is 12.1 Å². The van der Waals surface area contributed by atoms with Gasteiger partial charge in [-0.1, -0.05) is 18.2 Å². The van der Waals surface area contributed by atoms with Crippen LogP contribution in [-0.2, 0) is 11.3 Å². The summed E-state index contributed by atoms with van der Waals surface area (Å²) in [6, 6.07) is 14.4. The van der Waals surface area contributed by atoms with E-state index in [9.17, 15) is 18.8 Å². The molecule has 3 aromatic rings. The zero-order valence-corrected chi connectivity index (χ0v) is 20.2. The Bertz CT molecular complexity index is 1250. The molecule has 0 saturated heterocycles. The van der Waals surface area contributed by atoms with Crippen molar-refractivity contribution in [3.8, 4) is 0 Å². The molecule has 0 spiro atoms. The summed E-state index contributed by atoms with van der Waals surface area (Å²) in [5, 5.41) is 11.9. The summed E-state index contributed by atoms with van der Waals surface area (Å²) >= 11 is 0. The molecule has 2 aromatic carbocycles. The molecule has 10 nitrogen and oxygen atoms in total. The highest BCUT2D eigenvalue weighted by atomic mass is 19.1. The van der Waals surface area contributed by atoms with Gasteiger partial charge < -0.3 is 15.0 Å². The third-order valence-electron chi connectivity index (χ3n) is 4.93. The molecule has 36 heavy (non-hydrogen) atoms. The number of anilines is 3. The van der Waals surface area contributed by atoms with Crippen molar-refractivity contribution in [3.05, 3.63) is 82.4 Å². The maximum Gasteiger partial charge on any atom is 0.411 e. The number of rotatable bonds is 10. The van der Waals surface area contributed by atoms with Crippen LogP contribution in [0.15, 0.2) is 65.5 Å². The lowest BCUT2D eigenvalue weighted by Gasteiger charge is -2.11. The fourth-order valence-corrected chi connectivity index (χ4v) is 3.24. The molecule has 11 heteroatoms. The van der Waals surface area contributed by atoms with E-state index in [1.165, 1.54) is 35.0 Å². The number of nitrogens with one attached hydrogen (secondary N) is 3. The summed E-state index contributed by atoms with van der Waals surface area (Å²) in [5.41, 5.74) is 1.12. The van der Waals surface area contributed by atoms with Gasteiger partial charge in [0.2, 0.25) is 0 Å². The Morgan fingerprint density at radius 3 is 2.47 bits per heavy atom. The van der Waals surface area contributed by atoms with E-state index in [4.69, 9.17) is 4.74 Å². The number of aromatic nitrogens is 2. The molecule has 0 atom stereocenters. The van der Waals surface area contributed by atoms with Crippen LogP contribution >= 0.6 is 0 Å². The van der Waals surface area contributed by atoms with Gasteiger partial charge in [-0.05, 0) is 75.4 Å². The van der Waals surface area contributed by atoms with Crippen molar-refractivity contribution >= 4 is 29.3 Å². The van der Waals surface area contributed by atoms with Crippen LogP contribution in [-0.4, -0.2) is 54.1 Å². The average molecular weight is 497 g/mol. The van der Waals surface area contributed by atoms with Crippen molar-refractivity contribution < 1.29 is 18.7 Å². The molecule has 1 heterocycles. The molecule has 0 unspecified atom stereocenters. The normalized spacial score (nSPS) is 10.7. The Balaban J connectivity index is 1.56. The molecule has 0 bridgehead atoms. The lowest BCUT2D eigenvalue weighted by atomic mass is 10.2. The second-order valence-corrected chi connectivity index (χ2v) is 8.28. The number of benzene rings is 2. The van der Waals surface area contributed by atoms with E-state index in [0.29, 0.717) is 17.9 Å². The predicted octanol–water partition coefficient (Wildman–Crippen LogP) is 3.97. The molecule has 3 amide bonds. The second-order valence-electron chi connectivity index (χ2n) is 8.28. The fourth-order valence-electron chi connectivity index (χ4n) is 3.24. The molecule has 0 radical (unpaired) electrons. The van der Waals surface area contributed by atoms with Gasteiger partial charge in [0.05, 0.1) is 13.2 Å². The van der Waals surface area contributed by atoms with Crippen molar-refractivity contribution in [1.82, 2.24) is 14.7 Å². The minimum atomic E-state index is -0.635. The Morgan fingerprint density at radius 2 is 1.72 bits per heavy atom. The summed E-state index contributed by atoms with van der Waals surface area (Å²) in [4.78, 5) is 38.6. The monoisotopic (exact) mass is 496 g/mol. The van der Waals surface area contributed by atoms with Crippen LogP contribution in [0, 0.1) is 5.82 Å². The molecule has 0 aliphatic carbocycles. The first-order chi connectivity index (χ1) is 17.3. The van der Waals surface area contributed by atoms with E-state index in [2.05, 4.69) is 25.9 Å². The van der Waals surface area contributed by atoms with Crippen molar-refractivity contribution in [2.45, 2.75) is 19.4 Å². The van der Waals surface area contributed by atoms with E-state index in [-0.39, 0.29) is 23.6 Å². The topological polar surface area (TPSA) is 118 Å². The summed E-state index contributed by atoms with van der Waals surface area (Å²) < 4.78 is 19.7. The number of halogens is 1. The van der Waals surface area contributed by atoms with Gasteiger partial charge in [0.25, 0.3) is 5.56 Å². The Kier molecular flexibility index (Phi) is 9.52. The zero-order chi connectivity index (χ0) is 25.9. The number of urea groups is 1. The minimum absolute atomic E-state index is 0.106. The van der Waals surface area contributed by atoms with Crippen molar-refractivity contribution in [1.29, 1.82) is 0 Å². The van der Waals surface area contributed by atoms with Crippen molar-refractivity contribution in [3.63, 3.8) is 0 Å². The number of nitrogens with zero attached hydrogens (tertiary/aromatic N) is 3. The molecule has 3 N–H and O–H groups in total.